The number of nitrogens with one attached hydrogen (secondary N) is 1. The zero-order chi connectivity index (χ0) is 17.7. The van der Waals surface area contributed by atoms with Gasteiger partial charge in [-0.15, -0.1) is 11.3 Å². The lowest BCUT2D eigenvalue weighted by Crippen LogP contribution is -2.37. The second-order valence-electron chi connectivity index (χ2n) is 5.31. The second-order valence-corrected chi connectivity index (χ2v) is 6.60. The molecule has 0 spiro atoms. The zero-order valence-electron chi connectivity index (χ0n) is 13.8. The summed E-state index contributed by atoms with van der Waals surface area (Å²) in [6.07, 6.45) is 0. The molecule has 1 heterocycles. The van der Waals surface area contributed by atoms with Crippen LogP contribution in [0.25, 0.3) is 0 Å². The third-order valence-electron chi connectivity index (χ3n) is 3.43. The highest BCUT2D eigenvalue weighted by molar-refractivity contribution is 7.13. The molecule has 0 saturated carbocycles. The number of amides is 2. The summed E-state index contributed by atoms with van der Waals surface area (Å²) in [5.41, 5.74) is 0.643. The van der Waals surface area contributed by atoms with Gasteiger partial charge in [-0.2, -0.15) is 0 Å². The van der Waals surface area contributed by atoms with Gasteiger partial charge in [-0.25, -0.2) is 4.39 Å². The lowest BCUT2D eigenvalue weighted by molar-refractivity contribution is -0.129. The number of benzene rings is 1. The van der Waals surface area contributed by atoms with Crippen molar-refractivity contribution < 1.29 is 18.7 Å². The van der Waals surface area contributed by atoms with Crippen LogP contribution in [0.1, 0.15) is 20.1 Å². The number of rotatable bonds is 6. The van der Waals surface area contributed by atoms with Crippen LogP contribution in [0.5, 0.6) is 5.75 Å². The lowest BCUT2D eigenvalue weighted by atomic mass is 10.2. The molecule has 1 N–H and O–H groups in total. The Morgan fingerprint density at radius 3 is 2.62 bits per heavy atom. The fraction of sp³-hybridized carbons (Fsp3) is 0.294. The highest BCUT2D eigenvalue weighted by Crippen LogP contribution is 2.18. The van der Waals surface area contributed by atoms with Crippen molar-refractivity contribution in [3.63, 3.8) is 0 Å². The molecule has 0 fully saturated rings. The molecule has 24 heavy (non-hydrogen) atoms. The maximum Gasteiger partial charge on any atom is 0.261 e. The first-order valence-corrected chi connectivity index (χ1v) is 8.13. The average molecular weight is 350 g/mol. The van der Waals surface area contributed by atoms with E-state index < -0.39 is 5.82 Å². The van der Waals surface area contributed by atoms with Crippen molar-refractivity contribution >= 4 is 23.2 Å². The van der Waals surface area contributed by atoms with Crippen molar-refractivity contribution in [1.29, 1.82) is 0 Å². The van der Waals surface area contributed by atoms with Gasteiger partial charge in [-0.05, 0) is 36.8 Å². The van der Waals surface area contributed by atoms with E-state index in [1.807, 2.05) is 13.0 Å². The van der Waals surface area contributed by atoms with E-state index in [0.717, 1.165) is 4.88 Å². The summed E-state index contributed by atoms with van der Waals surface area (Å²) in [6.45, 7) is 2.05. The van der Waals surface area contributed by atoms with Gasteiger partial charge in [0.2, 0.25) is 5.91 Å². The SMILES string of the molecule is COc1ccc(CN(C)C(=O)CNC(=O)c2ccc(C)s2)cc1F. The smallest absolute Gasteiger partial charge is 0.261 e. The summed E-state index contributed by atoms with van der Waals surface area (Å²) >= 11 is 1.37. The number of methoxy groups -OCH3 is 1. The van der Waals surface area contributed by atoms with E-state index in [0.29, 0.717) is 10.4 Å². The first kappa shape index (κ1) is 17.9. The van der Waals surface area contributed by atoms with Crippen molar-refractivity contribution in [3.8, 4) is 5.75 Å². The van der Waals surface area contributed by atoms with Crippen LogP contribution in [0.4, 0.5) is 4.39 Å². The molecule has 7 heteroatoms. The van der Waals surface area contributed by atoms with Crippen molar-refractivity contribution in [2.45, 2.75) is 13.5 Å². The minimum Gasteiger partial charge on any atom is -0.494 e. The number of nitrogens with zero attached hydrogens (tertiary/aromatic N) is 1. The Bertz CT molecular complexity index is 745. The third-order valence-corrected chi connectivity index (χ3v) is 4.43. The first-order valence-electron chi connectivity index (χ1n) is 7.31. The molecule has 2 rings (SSSR count). The number of carbonyl (C=O) groups excluding carboxylic acids is 2. The van der Waals surface area contributed by atoms with Gasteiger partial charge in [-0.3, -0.25) is 9.59 Å². The number of likely N-dealkylation sites (N-methyl/N-ethyl adjacent to an activating group) is 1. The second kappa shape index (κ2) is 7.92. The van der Waals surface area contributed by atoms with Crippen LogP contribution in [-0.4, -0.2) is 37.4 Å². The van der Waals surface area contributed by atoms with E-state index in [2.05, 4.69) is 5.32 Å². The largest absolute Gasteiger partial charge is 0.494 e. The maximum absolute atomic E-state index is 13.7. The number of carbonyl (C=O) groups is 2. The molecule has 0 saturated heterocycles. The van der Waals surface area contributed by atoms with Gasteiger partial charge in [0.15, 0.2) is 11.6 Å². The summed E-state index contributed by atoms with van der Waals surface area (Å²) in [7, 11) is 3.00. The van der Waals surface area contributed by atoms with E-state index in [1.54, 1.807) is 19.2 Å². The molecule has 5 nitrogen and oxygen atoms in total. The Labute approximate surface area is 144 Å². The van der Waals surface area contributed by atoms with Gasteiger partial charge in [-0.1, -0.05) is 6.07 Å². The fourth-order valence-electron chi connectivity index (χ4n) is 2.10. The monoisotopic (exact) mass is 350 g/mol. The van der Waals surface area contributed by atoms with Crippen molar-refractivity contribution in [2.24, 2.45) is 0 Å². The molecule has 0 aliphatic carbocycles. The number of aryl methyl sites for hydroxylation is 1. The predicted octanol–water partition coefficient (Wildman–Crippen LogP) is 2.59. The van der Waals surface area contributed by atoms with E-state index >= 15 is 0 Å². The Morgan fingerprint density at radius 1 is 1.29 bits per heavy atom. The molecule has 0 bridgehead atoms. The maximum atomic E-state index is 13.7. The van der Waals surface area contributed by atoms with Crippen LogP contribution in [0.3, 0.4) is 0 Å². The summed E-state index contributed by atoms with van der Waals surface area (Å²) in [4.78, 5) is 27.1. The Hall–Kier alpha value is -2.41. The molecule has 0 radical (unpaired) electrons. The summed E-state index contributed by atoms with van der Waals surface area (Å²) in [5.74, 6) is -0.846. The van der Waals surface area contributed by atoms with Gasteiger partial charge in [0.05, 0.1) is 18.5 Å². The van der Waals surface area contributed by atoms with E-state index in [1.165, 1.54) is 35.5 Å². The van der Waals surface area contributed by atoms with Gasteiger partial charge in [0.25, 0.3) is 5.91 Å². The number of thiophene rings is 1. The number of halogens is 1. The molecule has 0 aliphatic rings. The zero-order valence-corrected chi connectivity index (χ0v) is 14.6. The van der Waals surface area contributed by atoms with Gasteiger partial charge in [0.1, 0.15) is 0 Å². The standard InChI is InChI=1S/C17H19FN2O3S/c1-11-4-7-15(24-11)17(22)19-9-16(21)20(2)10-12-5-6-14(23-3)13(18)8-12/h4-8H,9-10H2,1-3H3,(H,19,22). The summed E-state index contributed by atoms with van der Waals surface area (Å²) in [6, 6.07) is 8.12. The Kier molecular flexibility index (Phi) is 5.92. The quantitative estimate of drug-likeness (QED) is 0.871. The van der Waals surface area contributed by atoms with Gasteiger partial charge >= 0.3 is 0 Å². The van der Waals surface area contributed by atoms with E-state index in [-0.39, 0.29) is 30.7 Å². The van der Waals surface area contributed by atoms with E-state index in [9.17, 15) is 14.0 Å². The Balaban J connectivity index is 1.88. The normalized spacial score (nSPS) is 10.3. The number of hydrogen-bond acceptors (Lipinski definition) is 4. The van der Waals surface area contributed by atoms with Crippen LogP contribution in [0, 0.1) is 12.7 Å². The molecule has 128 valence electrons. The summed E-state index contributed by atoms with van der Waals surface area (Å²) < 4.78 is 18.5. The van der Waals surface area contributed by atoms with E-state index in [4.69, 9.17) is 4.74 Å². The van der Waals surface area contributed by atoms with Crippen molar-refractivity contribution in [2.75, 3.05) is 20.7 Å². The minimum absolute atomic E-state index is 0.106. The minimum atomic E-state index is -0.475. The number of ether oxygens (including phenoxy) is 1. The predicted molar refractivity (Wildman–Crippen MR) is 90.8 cm³/mol. The third kappa shape index (κ3) is 4.55. The van der Waals surface area contributed by atoms with Crippen LogP contribution in [-0.2, 0) is 11.3 Å². The Morgan fingerprint density at radius 2 is 2.04 bits per heavy atom. The summed E-state index contributed by atoms with van der Waals surface area (Å²) in [5, 5.41) is 2.59. The highest BCUT2D eigenvalue weighted by Gasteiger charge is 2.14. The van der Waals surface area contributed by atoms with Crippen LogP contribution in [0.15, 0.2) is 30.3 Å². The van der Waals surface area contributed by atoms with Crippen molar-refractivity contribution in [1.82, 2.24) is 10.2 Å². The van der Waals surface area contributed by atoms with Crippen LogP contribution >= 0.6 is 11.3 Å². The lowest BCUT2D eigenvalue weighted by Gasteiger charge is -2.18. The molecular weight excluding hydrogens is 331 g/mol. The molecule has 2 amide bonds. The van der Waals surface area contributed by atoms with Gasteiger partial charge < -0.3 is 15.0 Å². The fourth-order valence-corrected chi connectivity index (χ4v) is 2.89. The first-order chi connectivity index (χ1) is 11.4. The number of hydrogen-bond donors (Lipinski definition) is 1. The molecule has 0 atom stereocenters. The molecule has 0 unspecified atom stereocenters. The molecule has 1 aromatic heterocycles. The van der Waals surface area contributed by atoms with Crippen LogP contribution in [0.2, 0.25) is 0 Å². The van der Waals surface area contributed by atoms with Gasteiger partial charge in [0, 0.05) is 18.5 Å². The van der Waals surface area contributed by atoms with Crippen molar-refractivity contribution in [3.05, 3.63) is 51.5 Å². The molecular formula is C17H19FN2O3S. The topological polar surface area (TPSA) is 58.6 Å². The molecule has 0 aliphatic heterocycles. The van der Waals surface area contributed by atoms with Crippen LogP contribution < -0.4 is 10.1 Å². The highest BCUT2D eigenvalue weighted by atomic mass is 32.1. The molecule has 2 aromatic rings. The molecule has 1 aromatic carbocycles. The average Bonchev–Trinajstić information content (AvgIpc) is 2.99.